The highest BCUT2D eigenvalue weighted by Crippen LogP contribution is 2.26. The highest BCUT2D eigenvalue weighted by molar-refractivity contribution is 7.89. The molecule has 0 radical (unpaired) electrons. The summed E-state index contributed by atoms with van der Waals surface area (Å²) in [5.74, 6) is 0. The lowest BCUT2D eigenvalue weighted by molar-refractivity contribution is 0.263. The molecule has 1 saturated heterocycles. The Hall–Kier alpha value is -1.22. The van der Waals surface area contributed by atoms with Gasteiger partial charge in [-0.3, -0.25) is 0 Å². The van der Waals surface area contributed by atoms with Gasteiger partial charge in [-0.2, -0.15) is 4.31 Å². The number of rotatable bonds is 6. The van der Waals surface area contributed by atoms with Gasteiger partial charge in [0.15, 0.2) is 5.11 Å². The standard InChI is InChI=1S/C19H32N4O2S2/c1-15-13-16(2)18(17(3)14-15)27(24,25)23-11-9-22(10-12-23)19(26)20-7-6-8-21(4)5/h13-14H,6-12H2,1-5H3,(H,20,26). The van der Waals surface area contributed by atoms with Gasteiger partial charge in [0.05, 0.1) is 4.90 Å². The topological polar surface area (TPSA) is 55.9 Å². The van der Waals surface area contributed by atoms with E-state index in [1.807, 2.05) is 32.9 Å². The molecule has 0 unspecified atom stereocenters. The predicted octanol–water partition coefficient (Wildman–Crippen LogP) is 1.74. The zero-order chi connectivity index (χ0) is 20.2. The Morgan fingerprint density at radius 1 is 1.11 bits per heavy atom. The first-order valence-corrected chi connectivity index (χ1v) is 11.2. The highest BCUT2D eigenvalue weighted by Gasteiger charge is 2.31. The molecular weight excluding hydrogens is 380 g/mol. The molecule has 8 heteroatoms. The number of nitrogens with zero attached hydrogens (tertiary/aromatic N) is 3. The molecule has 6 nitrogen and oxygen atoms in total. The molecule has 1 aromatic rings. The normalized spacial score (nSPS) is 16.0. The quantitative estimate of drug-likeness (QED) is 0.567. The Labute approximate surface area is 169 Å². The molecule has 0 amide bonds. The first kappa shape index (κ1) is 22.1. The largest absolute Gasteiger partial charge is 0.363 e. The van der Waals surface area contributed by atoms with Crippen LogP contribution in [0.3, 0.4) is 0 Å². The molecule has 1 aliphatic rings. The van der Waals surface area contributed by atoms with Crippen molar-refractivity contribution >= 4 is 27.4 Å². The molecule has 0 saturated carbocycles. The van der Waals surface area contributed by atoms with E-state index in [4.69, 9.17) is 12.2 Å². The lowest BCUT2D eigenvalue weighted by Crippen LogP contribution is -2.53. The van der Waals surface area contributed by atoms with Gasteiger partial charge in [-0.15, -0.1) is 0 Å². The van der Waals surface area contributed by atoms with Gasteiger partial charge in [0.2, 0.25) is 10.0 Å². The first-order valence-electron chi connectivity index (χ1n) is 9.38. The van der Waals surface area contributed by atoms with E-state index in [0.717, 1.165) is 36.2 Å². The van der Waals surface area contributed by atoms with Crippen molar-refractivity contribution in [1.82, 2.24) is 19.4 Å². The molecule has 1 heterocycles. The van der Waals surface area contributed by atoms with Gasteiger partial charge in [0.1, 0.15) is 0 Å². The summed E-state index contributed by atoms with van der Waals surface area (Å²) in [6, 6.07) is 3.87. The second kappa shape index (κ2) is 9.32. The molecular formula is C19H32N4O2S2. The third-order valence-corrected chi connectivity index (χ3v) is 7.39. The Morgan fingerprint density at radius 2 is 1.67 bits per heavy atom. The fourth-order valence-corrected chi connectivity index (χ4v) is 5.66. The van der Waals surface area contributed by atoms with Crippen LogP contribution in [0.5, 0.6) is 0 Å². The summed E-state index contributed by atoms with van der Waals surface area (Å²) in [7, 11) is 0.620. The van der Waals surface area contributed by atoms with E-state index < -0.39 is 10.0 Å². The zero-order valence-corrected chi connectivity index (χ0v) is 18.7. The van der Waals surface area contributed by atoms with E-state index in [0.29, 0.717) is 36.2 Å². The molecule has 0 bridgehead atoms. The van der Waals surface area contributed by atoms with Crippen molar-refractivity contribution in [3.05, 3.63) is 28.8 Å². The lowest BCUT2D eigenvalue weighted by Gasteiger charge is -2.36. The van der Waals surface area contributed by atoms with Crippen LogP contribution in [0.4, 0.5) is 0 Å². The van der Waals surface area contributed by atoms with Crippen LogP contribution in [0.1, 0.15) is 23.1 Å². The van der Waals surface area contributed by atoms with Gasteiger partial charge in [-0.05, 0) is 71.2 Å². The highest BCUT2D eigenvalue weighted by atomic mass is 32.2. The van der Waals surface area contributed by atoms with Crippen LogP contribution in [0.15, 0.2) is 17.0 Å². The van der Waals surface area contributed by atoms with Gasteiger partial charge in [0, 0.05) is 32.7 Å². The summed E-state index contributed by atoms with van der Waals surface area (Å²) >= 11 is 5.47. The fourth-order valence-electron chi connectivity index (χ4n) is 3.54. The Bertz CT molecular complexity index is 747. The van der Waals surface area contributed by atoms with Crippen molar-refractivity contribution in [1.29, 1.82) is 0 Å². The molecule has 1 N–H and O–H groups in total. The van der Waals surface area contributed by atoms with E-state index in [9.17, 15) is 8.42 Å². The number of hydrogen-bond acceptors (Lipinski definition) is 4. The second-order valence-corrected chi connectivity index (χ2v) is 9.77. The van der Waals surface area contributed by atoms with E-state index in [1.54, 1.807) is 4.31 Å². The molecule has 1 aromatic carbocycles. The van der Waals surface area contributed by atoms with E-state index in [2.05, 4.69) is 29.2 Å². The molecule has 1 aliphatic heterocycles. The average Bonchev–Trinajstić information content (AvgIpc) is 2.57. The molecule has 0 aliphatic carbocycles. The minimum Gasteiger partial charge on any atom is -0.363 e. The maximum absolute atomic E-state index is 13.1. The number of hydrogen-bond donors (Lipinski definition) is 1. The Kier molecular flexibility index (Phi) is 7.62. The first-order chi connectivity index (χ1) is 12.6. The summed E-state index contributed by atoms with van der Waals surface area (Å²) in [6.45, 7) is 9.70. The van der Waals surface area contributed by atoms with Gasteiger partial charge in [-0.1, -0.05) is 17.7 Å². The van der Waals surface area contributed by atoms with Crippen LogP contribution in [0.25, 0.3) is 0 Å². The van der Waals surface area contributed by atoms with E-state index in [-0.39, 0.29) is 0 Å². The summed E-state index contributed by atoms with van der Waals surface area (Å²) in [5, 5.41) is 4.00. The van der Waals surface area contributed by atoms with Crippen LogP contribution < -0.4 is 5.32 Å². The van der Waals surface area contributed by atoms with Gasteiger partial charge < -0.3 is 15.1 Å². The van der Waals surface area contributed by atoms with E-state index in [1.165, 1.54) is 0 Å². The van der Waals surface area contributed by atoms with Crippen LogP contribution in [0, 0.1) is 20.8 Å². The van der Waals surface area contributed by atoms with Gasteiger partial charge in [0.25, 0.3) is 0 Å². The zero-order valence-electron chi connectivity index (χ0n) is 17.1. The number of benzene rings is 1. The van der Waals surface area contributed by atoms with Crippen molar-refractivity contribution in [2.75, 3.05) is 53.4 Å². The summed E-state index contributed by atoms with van der Waals surface area (Å²) in [5.41, 5.74) is 2.71. The van der Waals surface area contributed by atoms with Crippen LogP contribution in [0.2, 0.25) is 0 Å². The van der Waals surface area contributed by atoms with Crippen molar-refractivity contribution in [2.45, 2.75) is 32.1 Å². The fraction of sp³-hybridized carbons (Fsp3) is 0.632. The second-order valence-electron chi connectivity index (χ2n) is 7.51. The molecule has 0 spiro atoms. The maximum Gasteiger partial charge on any atom is 0.243 e. The van der Waals surface area contributed by atoms with Crippen molar-refractivity contribution < 1.29 is 8.42 Å². The minimum atomic E-state index is -3.48. The average molecular weight is 413 g/mol. The third kappa shape index (κ3) is 5.63. The number of nitrogens with one attached hydrogen (secondary N) is 1. The van der Waals surface area contributed by atoms with Crippen molar-refractivity contribution in [3.63, 3.8) is 0 Å². The summed E-state index contributed by atoms with van der Waals surface area (Å²) in [4.78, 5) is 4.65. The number of piperazine rings is 1. The molecule has 2 rings (SSSR count). The van der Waals surface area contributed by atoms with Crippen molar-refractivity contribution in [2.24, 2.45) is 0 Å². The predicted molar refractivity (Wildman–Crippen MR) is 115 cm³/mol. The Balaban J connectivity index is 1.96. The summed E-state index contributed by atoms with van der Waals surface area (Å²) < 4.78 is 27.9. The number of sulfonamides is 1. The van der Waals surface area contributed by atoms with Crippen LogP contribution in [-0.2, 0) is 10.0 Å². The molecule has 0 atom stereocenters. The van der Waals surface area contributed by atoms with Gasteiger partial charge >= 0.3 is 0 Å². The van der Waals surface area contributed by atoms with Crippen molar-refractivity contribution in [3.8, 4) is 0 Å². The molecule has 152 valence electrons. The van der Waals surface area contributed by atoms with Crippen LogP contribution >= 0.6 is 12.2 Å². The molecule has 0 aromatic heterocycles. The molecule has 1 fully saturated rings. The number of aryl methyl sites for hydroxylation is 3. The molecule has 27 heavy (non-hydrogen) atoms. The summed E-state index contributed by atoms with van der Waals surface area (Å²) in [6.07, 6.45) is 1.02. The smallest absolute Gasteiger partial charge is 0.243 e. The third-order valence-electron chi connectivity index (χ3n) is 4.79. The minimum absolute atomic E-state index is 0.450. The maximum atomic E-state index is 13.1. The van der Waals surface area contributed by atoms with E-state index >= 15 is 0 Å². The monoisotopic (exact) mass is 412 g/mol. The lowest BCUT2D eigenvalue weighted by atomic mass is 10.1. The van der Waals surface area contributed by atoms with Gasteiger partial charge in [-0.25, -0.2) is 8.42 Å². The number of thiocarbonyl (C=S) groups is 1. The SMILES string of the molecule is Cc1cc(C)c(S(=O)(=O)N2CCN(C(=S)NCCCN(C)C)CC2)c(C)c1. The Morgan fingerprint density at radius 3 is 2.19 bits per heavy atom. The van der Waals surface area contributed by atoms with Crippen LogP contribution in [-0.4, -0.2) is 81.0 Å².